The molecule has 0 atom stereocenters. The summed E-state index contributed by atoms with van der Waals surface area (Å²) in [5.74, 6) is 0.449. The van der Waals surface area contributed by atoms with Gasteiger partial charge in [0.15, 0.2) is 0 Å². The SMILES string of the molecule is Cn1c(Cl)cnc1Cn1cc(Br)c([N+](=O)[O-])n1. The molecule has 0 unspecified atom stereocenters. The third-order valence-electron chi connectivity index (χ3n) is 2.20. The number of halogens is 2. The summed E-state index contributed by atoms with van der Waals surface area (Å²) in [5, 5.41) is 14.9. The van der Waals surface area contributed by atoms with Gasteiger partial charge in [-0.2, -0.15) is 4.68 Å². The smallest absolute Gasteiger partial charge is 0.358 e. The number of nitrogens with zero attached hydrogens (tertiary/aromatic N) is 5. The first-order chi connectivity index (χ1) is 7.99. The lowest BCUT2D eigenvalue weighted by molar-refractivity contribution is -0.390. The molecule has 2 aromatic heterocycles. The Morgan fingerprint density at radius 3 is 2.82 bits per heavy atom. The molecule has 0 aliphatic heterocycles. The van der Waals surface area contributed by atoms with Crippen molar-refractivity contribution in [3.63, 3.8) is 0 Å². The van der Waals surface area contributed by atoms with E-state index in [9.17, 15) is 10.1 Å². The Balaban J connectivity index is 2.28. The molecule has 0 N–H and O–H groups in total. The average Bonchev–Trinajstić information content (AvgIpc) is 2.76. The monoisotopic (exact) mass is 319 g/mol. The van der Waals surface area contributed by atoms with Crippen LogP contribution in [0.1, 0.15) is 5.82 Å². The summed E-state index contributed by atoms with van der Waals surface area (Å²) < 4.78 is 3.45. The summed E-state index contributed by atoms with van der Waals surface area (Å²) >= 11 is 8.91. The van der Waals surface area contributed by atoms with Gasteiger partial charge in [-0.15, -0.1) is 0 Å². The van der Waals surface area contributed by atoms with Crippen LogP contribution in [0.15, 0.2) is 16.9 Å². The van der Waals surface area contributed by atoms with Gasteiger partial charge in [0.25, 0.3) is 0 Å². The first-order valence-electron chi connectivity index (χ1n) is 4.52. The molecule has 0 aromatic carbocycles. The maximum Gasteiger partial charge on any atom is 0.404 e. The van der Waals surface area contributed by atoms with Gasteiger partial charge in [0.05, 0.1) is 17.5 Å². The summed E-state index contributed by atoms with van der Waals surface area (Å²) in [7, 11) is 1.76. The first kappa shape index (κ1) is 12.1. The quantitative estimate of drug-likeness (QED) is 0.640. The van der Waals surface area contributed by atoms with E-state index in [4.69, 9.17) is 11.6 Å². The van der Waals surface area contributed by atoms with Gasteiger partial charge in [-0.25, -0.2) is 4.98 Å². The lowest BCUT2D eigenvalue weighted by Crippen LogP contribution is -2.07. The van der Waals surface area contributed by atoms with Crippen LogP contribution in [0.5, 0.6) is 0 Å². The number of hydrogen-bond donors (Lipinski definition) is 0. The minimum absolute atomic E-state index is 0.217. The molecule has 0 amide bonds. The van der Waals surface area contributed by atoms with Crippen molar-refractivity contribution >= 4 is 33.3 Å². The summed E-state index contributed by atoms with van der Waals surface area (Å²) in [6.45, 7) is 0.315. The maximum atomic E-state index is 10.6. The second-order valence-corrected chi connectivity index (χ2v) is 4.55. The Hall–Kier alpha value is -1.41. The molecule has 17 heavy (non-hydrogen) atoms. The van der Waals surface area contributed by atoms with Gasteiger partial charge in [-0.3, -0.25) is 0 Å². The zero-order valence-corrected chi connectivity index (χ0v) is 11.0. The summed E-state index contributed by atoms with van der Waals surface area (Å²) in [6.07, 6.45) is 3.05. The second kappa shape index (κ2) is 4.46. The molecule has 0 radical (unpaired) electrons. The first-order valence-corrected chi connectivity index (χ1v) is 5.69. The molecular formula is C8H7BrClN5O2. The molecule has 0 spiro atoms. The second-order valence-electron chi connectivity index (χ2n) is 3.31. The van der Waals surface area contributed by atoms with Gasteiger partial charge in [0.1, 0.15) is 22.0 Å². The van der Waals surface area contributed by atoms with Gasteiger partial charge < -0.3 is 14.7 Å². The normalized spacial score (nSPS) is 10.8. The molecule has 0 bridgehead atoms. The lowest BCUT2D eigenvalue weighted by atomic mass is 10.6. The lowest BCUT2D eigenvalue weighted by Gasteiger charge is -1.99. The van der Waals surface area contributed by atoms with Crippen LogP contribution in [0.2, 0.25) is 5.15 Å². The molecule has 0 fully saturated rings. The Bertz CT molecular complexity index is 578. The molecule has 2 aromatic rings. The number of hydrogen-bond acceptors (Lipinski definition) is 4. The summed E-state index contributed by atoms with van der Waals surface area (Å²) in [6, 6.07) is 0. The van der Waals surface area contributed by atoms with Crippen LogP contribution < -0.4 is 0 Å². The largest absolute Gasteiger partial charge is 0.404 e. The predicted octanol–water partition coefficient (Wildman–Crippen LogP) is 1.99. The highest BCUT2D eigenvalue weighted by Crippen LogP contribution is 2.22. The molecule has 0 saturated carbocycles. The molecule has 0 aliphatic rings. The van der Waals surface area contributed by atoms with Crippen LogP contribution in [0.4, 0.5) is 5.82 Å². The topological polar surface area (TPSA) is 78.8 Å². The van der Waals surface area contributed by atoms with Crippen molar-refractivity contribution in [2.45, 2.75) is 6.54 Å². The zero-order valence-electron chi connectivity index (χ0n) is 8.67. The molecule has 90 valence electrons. The van der Waals surface area contributed by atoms with Crippen molar-refractivity contribution in [1.29, 1.82) is 0 Å². The van der Waals surface area contributed by atoms with Crippen LogP contribution in [-0.4, -0.2) is 24.3 Å². The number of nitro groups is 1. The fourth-order valence-electron chi connectivity index (χ4n) is 1.31. The van der Waals surface area contributed by atoms with Crippen LogP contribution in [0.25, 0.3) is 0 Å². The van der Waals surface area contributed by atoms with E-state index in [1.807, 2.05) is 0 Å². The Morgan fingerprint density at radius 2 is 2.35 bits per heavy atom. The van der Waals surface area contributed by atoms with E-state index < -0.39 is 4.92 Å². The standard InChI is InChI=1S/C8H7BrClN5O2/c1-13-6(10)2-11-7(13)4-14-3-5(9)8(12-14)15(16)17/h2-3H,4H2,1H3. The fraction of sp³-hybridized carbons (Fsp3) is 0.250. The molecule has 0 saturated heterocycles. The van der Waals surface area contributed by atoms with E-state index >= 15 is 0 Å². The average molecular weight is 321 g/mol. The Morgan fingerprint density at radius 1 is 1.65 bits per heavy atom. The molecule has 0 aliphatic carbocycles. The zero-order chi connectivity index (χ0) is 12.6. The number of aromatic nitrogens is 4. The van der Waals surface area contributed by atoms with Crippen molar-refractivity contribution < 1.29 is 4.92 Å². The van der Waals surface area contributed by atoms with Crippen LogP contribution in [-0.2, 0) is 13.6 Å². The van der Waals surface area contributed by atoms with E-state index in [1.165, 1.54) is 17.1 Å². The molecular weight excluding hydrogens is 313 g/mol. The fourth-order valence-corrected chi connectivity index (χ4v) is 1.91. The Labute approximate surface area is 109 Å². The van der Waals surface area contributed by atoms with Crippen molar-refractivity contribution in [1.82, 2.24) is 19.3 Å². The van der Waals surface area contributed by atoms with E-state index in [-0.39, 0.29) is 5.82 Å². The van der Waals surface area contributed by atoms with E-state index in [1.54, 1.807) is 11.6 Å². The number of rotatable bonds is 3. The van der Waals surface area contributed by atoms with E-state index in [0.717, 1.165) is 0 Å². The van der Waals surface area contributed by atoms with E-state index in [2.05, 4.69) is 26.0 Å². The van der Waals surface area contributed by atoms with Gasteiger partial charge in [0.2, 0.25) is 0 Å². The predicted molar refractivity (Wildman–Crippen MR) is 63.9 cm³/mol. The third kappa shape index (κ3) is 2.32. The highest BCUT2D eigenvalue weighted by Gasteiger charge is 2.19. The van der Waals surface area contributed by atoms with Crippen molar-refractivity contribution in [2.24, 2.45) is 7.05 Å². The highest BCUT2D eigenvalue weighted by atomic mass is 79.9. The molecule has 7 nitrogen and oxygen atoms in total. The van der Waals surface area contributed by atoms with Gasteiger partial charge in [-0.05, 0) is 20.9 Å². The van der Waals surface area contributed by atoms with Crippen molar-refractivity contribution in [3.05, 3.63) is 38.0 Å². The van der Waals surface area contributed by atoms with Crippen LogP contribution in [0.3, 0.4) is 0 Å². The van der Waals surface area contributed by atoms with Gasteiger partial charge >= 0.3 is 5.82 Å². The van der Waals surface area contributed by atoms with Gasteiger partial charge in [0, 0.05) is 7.05 Å². The maximum absolute atomic E-state index is 10.6. The highest BCUT2D eigenvalue weighted by molar-refractivity contribution is 9.10. The third-order valence-corrected chi connectivity index (χ3v) is 3.11. The van der Waals surface area contributed by atoms with E-state index in [0.29, 0.717) is 22.0 Å². The van der Waals surface area contributed by atoms with Crippen LogP contribution >= 0.6 is 27.5 Å². The molecule has 2 rings (SSSR count). The summed E-state index contributed by atoms with van der Waals surface area (Å²) in [5.41, 5.74) is 0. The minimum atomic E-state index is -0.550. The van der Waals surface area contributed by atoms with Crippen molar-refractivity contribution in [2.75, 3.05) is 0 Å². The van der Waals surface area contributed by atoms with Crippen molar-refractivity contribution in [3.8, 4) is 0 Å². The van der Waals surface area contributed by atoms with Crippen LogP contribution in [0, 0.1) is 10.1 Å². The summed E-state index contributed by atoms with van der Waals surface area (Å²) in [4.78, 5) is 14.1. The number of imidazole rings is 1. The molecule has 9 heteroatoms. The Kier molecular flexibility index (Phi) is 3.16. The van der Waals surface area contributed by atoms with Gasteiger partial charge in [-0.1, -0.05) is 11.6 Å². The minimum Gasteiger partial charge on any atom is -0.358 e. The molecule has 2 heterocycles.